The summed E-state index contributed by atoms with van der Waals surface area (Å²) in [7, 11) is 2.86. The Morgan fingerprint density at radius 1 is 0.759 bits per heavy atom. The van der Waals surface area contributed by atoms with Crippen LogP contribution in [0.15, 0.2) is 24.3 Å². The number of carbonyl (C=O) groups excluding carboxylic acids is 1. The average Bonchev–Trinajstić information content (AvgIpc) is 3.65. The Hall–Kier alpha value is -4.02. The summed E-state index contributed by atoms with van der Waals surface area (Å²) in [6.07, 6.45) is -18.4. The van der Waals surface area contributed by atoms with E-state index >= 15 is 0 Å². The number of ether oxygens (including phenoxy) is 11. The predicted octanol–water partition coefficient (Wildman–Crippen LogP) is -1.10. The van der Waals surface area contributed by atoms with Gasteiger partial charge in [-0.3, -0.25) is 4.79 Å². The quantitative estimate of drug-likeness (QED) is 0.183. The van der Waals surface area contributed by atoms with Crippen molar-refractivity contribution in [1.29, 1.82) is 0 Å². The van der Waals surface area contributed by atoms with Crippen molar-refractivity contribution in [3.8, 4) is 28.7 Å². The van der Waals surface area contributed by atoms with E-state index in [0.29, 0.717) is 28.2 Å². The number of esters is 1. The number of carboxylic acid groups (broad SMARTS) is 1. The molecule has 7 aliphatic rings. The zero-order valence-electron chi connectivity index (χ0n) is 29.1. The monoisotopic (exact) mass is 764 g/mol. The van der Waals surface area contributed by atoms with Crippen molar-refractivity contribution in [1.82, 2.24) is 0 Å². The lowest BCUT2D eigenvalue weighted by molar-refractivity contribution is -0.365. The van der Waals surface area contributed by atoms with Gasteiger partial charge in [-0.1, -0.05) is 0 Å². The Labute approximate surface area is 306 Å². The molecule has 0 radical (unpaired) electrons. The third-order valence-corrected chi connectivity index (χ3v) is 10.8. The van der Waals surface area contributed by atoms with Gasteiger partial charge in [0.15, 0.2) is 41.7 Å². The molecule has 19 nitrogen and oxygen atoms in total. The molecule has 2 aromatic rings. The molecule has 19 heteroatoms. The van der Waals surface area contributed by atoms with E-state index in [1.54, 1.807) is 31.2 Å². The molecule has 0 saturated carbocycles. The largest absolute Gasteiger partial charge is 0.493 e. The minimum atomic E-state index is -2.05. The van der Waals surface area contributed by atoms with Gasteiger partial charge in [-0.15, -0.1) is 0 Å². The molecule has 2 aromatic carbocycles. The lowest BCUT2D eigenvalue weighted by Crippen LogP contribution is -2.63. The maximum Gasteiger partial charge on any atom is 0.335 e. The van der Waals surface area contributed by atoms with Gasteiger partial charge in [-0.2, -0.15) is 0 Å². The molecule has 3 fully saturated rings. The minimum Gasteiger partial charge on any atom is -0.493 e. The molecular weight excluding hydrogens is 724 g/mol. The topological polar surface area (TPSA) is 257 Å². The molecule has 54 heavy (non-hydrogen) atoms. The number of hydrogen-bond donors (Lipinski definition) is 6. The van der Waals surface area contributed by atoms with Gasteiger partial charge in [0.2, 0.25) is 18.8 Å². The highest BCUT2D eigenvalue weighted by Crippen LogP contribution is 2.57. The number of benzene rings is 2. The maximum atomic E-state index is 14.7. The highest BCUT2D eigenvalue weighted by molar-refractivity contribution is 5.78. The second-order valence-corrected chi connectivity index (χ2v) is 13.8. The van der Waals surface area contributed by atoms with Crippen LogP contribution >= 0.6 is 0 Å². The van der Waals surface area contributed by atoms with Crippen LogP contribution in [0, 0.1) is 11.8 Å². The molecule has 3 saturated heterocycles. The van der Waals surface area contributed by atoms with Gasteiger partial charge >= 0.3 is 11.9 Å². The van der Waals surface area contributed by atoms with Crippen LogP contribution in [-0.4, -0.2) is 145 Å². The number of carboxylic acids is 1. The molecule has 4 bridgehead atoms. The number of rotatable bonds is 7. The second-order valence-electron chi connectivity index (χ2n) is 13.8. The molecule has 294 valence electrons. The summed E-state index contributed by atoms with van der Waals surface area (Å²) in [5, 5.41) is 63.7. The smallest absolute Gasteiger partial charge is 0.335 e. The Kier molecular flexibility index (Phi) is 9.74. The Balaban J connectivity index is 1.25. The third kappa shape index (κ3) is 6.08. The van der Waals surface area contributed by atoms with Gasteiger partial charge in [0.1, 0.15) is 42.7 Å². The first-order valence-corrected chi connectivity index (χ1v) is 17.3. The van der Waals surface area contributed by atoms with E-state index in [-0.39, 0.29) is 37.3 Å². The van der Waals surface area contributed by atoms with Gasteiger partial charge in [0, 0.05) is 11.8 Å². The van der Waals surface area contributed by atoms with E-state index in [0.717, 1.165) is 0 Å². The summed E-state index contributed by atoms with van der Waals surface area (Å²) in [5.74, 6) is -4.58. The Morgan fingerprint density at radius 2 is 1.43 bits per heavy atom. The predicted molar refractivity (Wildman–Crippen MR) is 172 cm³/mol. The van der Waals surface area contributed by atoms with E-state index in [1.807, 2.05) is 0 Å². The summed E-state index contributed by atoms with van der Waals surface area (Å²) < 4.78 is 64.2. The highest BCUT2D eigenvalue weighted by atomic mass is 16.8. The Morgan fingerprint density at radius 3 is 2.09 bits per heavy atom. The molecular formula is C35H40O19. The molecule has 9 rings (SSSR count). The molecule has 0 spiro atoms. The number of aliphatic hydroxyl groups is 5. The number of aliphatic hydroxyl groups excluding tert-OH is 5. The van der Waals surface area contributed by atoms with Crippen molar-refractivity contribution in [2.24, 2.45) is 11.8 Å². The average molecular weight is 765 g/mol. The van der Waals surface area contributed by atoms with Crippen molar-refractivity contribution in [2.75, 3.05) is 34.2 Å². The van der Waals surface area contributed by atoms with E-state index < -0.39 is 103 Å². The molecule has 1 unspecified atom stereocenters. The maximum absolute atomic E-state index is 14.7. The summed E-state index contributed by atoms with van der Waals surface area (Å²) in [4.78, 5) is 26.6. The van der Waals surface area contributed by atoms with Crippen molar-refractivity contribution in [2.45, 2.75) is 86.6 Å². The van der Waals surface area contributed by atoms with Gasteiger partial charge < -0.3 is 82.7 Å². The zero-order valence-corrected chi connectivity index (χ0v) is 29.1. The first kappa shape index (κ1) is 36.9. The van der Waals surface area contributed by atoms with Gasteiger partial charge in [-0.25, -0.2) is 4.79 Å². The van der Waals surface area contributed by atoms with Crippen LogP contribution in [0.25, 0.3) is 0 Å². The van der Waals surface area contributed by atoms with Crippen molar-refractivity contribution in [3.05, 3.63) is 41.0 Å². The first-order valence-electron chi connectivity index (χ1n) is 17.3. The molecule has 6 heterocycles. The van der Waals surface area contributed by atoms with Crippen LogP contribution in [-0.2, 0) is 38.0 Å². The van der Waals surface area contributed by atoms with Crippen molar-refractivity contribution < 1.29 is 92.3 Å². The van der Waals surface area contributed by atoms with E-state index in [2.05, 4.69) is 0 Å². The number of aliphatic carboxylic acids is 1. The first-order chi connectivity index (χ1) is 25.9. The van der Waals surface area contributed by atoms with Crippen LogP contribution in [0.3, 0.4) is 0 Å². The van der Waals surface area contributed by atoms with E-state index in [1.165, 1.54) is 14.2 Å². The molecule has 6 aliphatic heterocycles. The second kappa shape index (κ2) is 14.2. The lowest BCUT2D eigenvalue weighted by Gasteiger charge is -2.48. The standard InChI is InChI=1S/C35H40O19/c1-11-46-9-20-30(50-11)25(38)27(40)34(51-20)52-28-14-7-17-16(48-10-49-17)6-13(14)21-12-4-18(44-2)29(19(5-12)45-3)47-8-15(28)22(21)33(43)54-35-26(39)23(36)24(37)31(53-35)32(41)42/h4-7,11,15,20-28,30-31,34-40H,8-10H2,1-3H3,(H,41,42)/t11?,15-,20+,21+,22-,23-,24-,25+,26+,27+,28+,30+,31-,34-,35-/m0/s1. The van der Waals surface area contributed by atoms with E-state index in [4.69, 9.17) is 52.1 Å². The summed E-state index contributed by atoms with van der Waals surface area (Å²) >= 11 is 0. The number of carbonyl (C=O) groups is 2. The fourth-order valence-electron chi connectivity index (χ4n) is 8.11. The Bertz CT molecular complexity index is 1740. The van der Waals surface area contributed by atoms with Crippen LogP contribution in [0.1, 0.15) is 35.6 Å². The van der Waals surface area contributed by atoms with Crippen LogP contribution in [0.4, 0.5) is 0 Å². The summed E-state index contributed by atoms with van der Waals surface area (Å²) in [6.45, 7) is 1.27. The third-order valence-electron chi connectivity index (χ3n) is 10.8. The summed E-state index contributed by atoms with van der Waals surface area (Å²) in [6, 6.07) is 6.65. The van der Waals surface area contributed by atoms with Gasteiger partial charge in [-0.05, 0) is 47.9 Å². The zero-order chi connectivity index (χ0) is 38.2. The van der Waals surface area contributed by atoms with Crippen molar-refractivity contribution >= 4 is 11.9 Å². The van der Waals surface area contributed by atoms with Gasteiger partial charge in [0.25, 0.3) is 0 Å². The van der Waals surface area contributed by atoms with Crippen LogP contribution in [0.5, 0.6) is 28.7 Å². The summed E-state index contributed by atoms with van der Waals surface area (Å²) in [5.41, 5.74) is 1.41. The minimum absolute atomic E-state index is 0.0220. The normalized spacial score (nSPS) is 39.1. The lowest BCUT2D eigenvalue weighted by atomic mass is 9.65. The SMILES string of the molecule is COc1cc2cc(OC)c1OC[C@H]1[C@H](C(=O)O[C@@H]3O[C@H](C(=O)O)[C@@H](O)[C@H](O)[C@H]3O)[C@H]2c2cc3c(cc2[C@H]1O[C@@H]1O[C@@H]2COC(C)O[C@H]2[C@H](O)[C@H]1O)OCO3. The molecule has 0 aromatic heterocycles. The van der Waals surface area contributed by atoms with Crippen LogP contribution < -0.4 is 23.7 Å². The van der Waals surface area contributed by atoms with Crippen molar-refractivity contribution in [3.63, 3.8) is 0 Å². The molecule has 0 amide bonds. The van der Waals surface area contributed by atoms with Gasteiger partial charge in [0.05, 0.1) is 39.5 Å². The van der Waals surface area contributed by atoms with Crippen LogP contribution in [0.2, 0.25) is 0 Å². The number of fused-ring (bicyclic) bond motifs is 6. The molecule has 6 N–H and O–H groups in total. The fourth-order valence-corrected chi connectivity index (χ4v) is 8.11. The molecule has 15 atom stereocenters. The number of methoxy groups -OCH3 is 2. The number of hydrogen-bond acceptors (Lipinski definition) is 18. The molecule has 1 aliphatic carbocycles. The highest BCUT2D eigenvalue weighted by Gasteiger charge is 2.56. The van der Waals surface area contributed by atoms with E-state index in [9.17, 15) is 40.2 Å². The fraction of sp³-hybridized carbons (Fsp3) is 0.600.